The van der Waals surface area contributed by atoms with Gasteiger partial charge in [-0.3, -0.25) is 24.2 Å². The van der Waals surface area contributed by atoms with Crippen LogP contribution in [0.15, 0.2) is 83.9 Å². The zero-order valence-corrected chi connectivity index (χ0v) is 35.3. The number of hydrogen-bond donors (Lipinski definition) is 4. The number of carboxylic acid groups (broad SMARTS) is 1. The molecule has 3 aromatic carbocycles. The van der Waals surface area contributed by atoms with E-state index in [1.165, 1.54) is 23.1 Å². The van der Waals surface area contributed by atoms with Gasteiger partial charge in [-0.05, 0) is 95.0 Å². The number of aliphatic carboxylic acids is 1. The van der Waals surface area contributed by atoms with Crippen molar-refractivity contribution in [3.8, 4) is 0 Å². The average molecular weight is 843 g/mol. The molecule has 314 valence electrons. The first kappa shape index (κ1) is 45.1. The molecule has 2 amide bonds. The zero-order valence-electron chi connectivity index (χ0n) is 33.6. The quantitative estimate of drug-likeness (QED) is 0.0471. The molecule has 0 saturated heterocycles. The second kappa shape index (κ2) is 23.0. The standard InChI is InChI=1S/C44H54N6O7S2/c1-50(2)22-12-10-18-34(47-41(54)32(23-29-13-5-3-6-14-29)25-39(52)57-27-30-15-7-4-8-16-30)37(51)24-31(17-9-11-21-45)40(53)46-33-19-20-35-38(26-33)59-43(48-35)42-49-36(28-58-42)44(55)56/h3-8,13-16,19-20,26,31-32,34,36H,9-12,17-18,21-25,27-28,45H2,1-2H3,(H,46,53)(H,47,54)(H,55,56)/t31-,32-,34+,36-/m1/s1. The molecule has 0 fully saturated rings. The number of esters is 1. The van der Waals surface area contributed by atoms with Crippen molar-refractivity contribution in [3.05, 3.63) is 95.0 Å². The lowest BCUT2D eigenvalue weighted by Crippen LogP contribution is -2.45. The van der Waals surface area contributed by atoms with Crippen LogP contribution < -0.4 is 16.4 Å². The summed E-state index contributed by atoms with van der Waals surface area (Å²) in [6, 6.07) is 22.4. The Morgan fingerprint density at radius 3 is 2.27 bits per heavy atom. The van der Waals surface area contributed by atoms with E-state index in [4.69, 9.17) is 10.5 Å². The number of aliphatic imine (C=N–C) groups is 1. The zero-order chi connectivity index (χ0) is 42.1. The highest BCUT2D eigenvalue weighted by Crippen LogP contribution is 2.32. The number of rotatable bonds is 24. The number of carboxylic acids is 1. The number of nitrogens with two attached hydrogens (primary N) is 1. The van der Waals surface area contributed by atoms with Gasteiger partial charge in [0.05, 0.1) is 28.6 Å². The van der Waals surface area contributed by atoms with Gasteiger partial charge in [0.1, 0.15) is 16.7 Å². The molecular weight excluding hydrogens is 789 g/mol. The molecule has 4 aromatic rings. The number of thioether (sulfide) groups is 1. The van der Waals surface area contributed by atoms with Crippen LogP contribution in [-0.2, 0) is 41.7 Å². The molecule has 5 rings (SSSR count). The minimum atomic E-state index is -0.972. The Hall–Kier alpha value is -4.96. The van der Waals surface area contributed by atoms with Crippen LogP contribution >= 0.6 is 23.1 Å². The molecule has 13 nitrogen and oxygen atoms in total. The monoisotopic (exact) mass is 842 g/mol. The maximum atomic E-state index is 14.3. The molecule has 1 aliphatic rings. The molecule has 1 aromatic heterocycles. The van der Waals surface area contributed by atoms with E-state index in [0.29, 0.717) is 65.7 Å². The largest absolute Gasteiger partial charge is 0.480 e. The van der Waals surface area contributed by atoms with Crippen LogP contribution in [0.25, 0.3) is 10.2 Å². The van der Waals surface area contributed by atoms with Gasteiger partial charge in [0.25, 0.3) is 0 Å². The molecular formula is C44H54N6O7S2. The van der Waals surface area contributed by atoms with Crippen molar-refractivity contribution in [2.75, 3.05) is 38.3 Å². The van der Waals surface area contributed by atoms with Crippen molar-refractivity contribution in [3.63, 3.8) is 0 Å². The lowest BCUT2D eigenvalue weighted by atomic mass is 9.90. The third-order valence-corrected chi connectivity index (χ3v) is 12.2. The smallest absolute Gasteiger partial charge is 0.329 e. The van der Waals surface area contributed by atoms with Crippen molar-refractivity contribution in [1.82, 2.24) is 15.2 Å². The summed E-state index contributed by atoms with van der Waals surface area (Å²) >= 11 is 2.72. The number of nitrogens with zero attached hydrogens (tertiary/aromatic N) is 3. The normalized spacial score (nSPS) is 15.3. The van der Waals surface area contributed by atoms with E-state index in [1.54, 1.807) is 12.1 Å². The number of ketones is 1. The van der Waals surface area contributed by atoms with Crippen LogP contribution in [0.1, 0.15) is 67.5 Å². The van der Waals surface area contributed by atoms with Gasteiger partial charge in [-0.25, -0.2) is 9.78 Å². The Labute approximate surface area is 353 Å². The van der Waals surface area contributed by atoms with Gasteiger partial charge in [0.2, 0.25) is 11.8 Å². The Balaban J connectivity index is 1.30. The molecule has 4 atom stereocenters. The number of hydrogen-bond acceptors (Lipinski definition) is 12. The Morgan fingerprint density at radius 1 is 0.881 bits per heavy atom. The molecule has 15 heteroatoms. The summed E-state index contributed by atoms with van der Waals surface area (Å²) in [4.78, 5) is 77.8. The van der Waals surface area contributed by atoms with E-state index in [1.807, 2.05) is 80.8 Å². The SMILES string of the molecule is CN(C)CCCC[C@H](NC(=O)[C@@H](CC(=O)OCc1ccccc1)Cc1ccccc1)C(=O)C[C@@H](CCCCN)C(=O)Nc1ccc2nc(C3=N[C@@H](C(=O)O)CS3)sc2c1. The third-order valence-electron chi connectivity index (χ3n) is 10.0. The van der Waals surface area contributed by atoms with Crippen LogP contribution in [0, 0.1) is 11.8 Å². The molecule has 0 saturated carbocycles. The Kier molecular flexibility index (Phi) is 17.6. The molecule has 0 aliphatic carbocycles. The first-order valence-electron chi connectivity index (χ1n) is 20.1. The van der Waals surface area contributed by atoms with Crippen LogP contribution in [0.4, 0.5) is 5.69 Å². The highest BCUT2D eigenvalue weighted by molar-refractivity contribution is 8.15. The van der Waals surface area contributed by atoms with Crippen molar-refractivity contribution < 1.29 is 33.8 Å². The topological polar surface area (TPSA) is 193 Å². The van der Waals surface area contributed by atoms with Crippen LogP contribution in [0.2, 0.25) is 0 Å². The van der Waals surface area contributed by atoms with E-state index in [0.717, 1.165) is 28.8 Å². The fourth-order valence-corrected chi connectivity index (χ4v) is 8.84. The van der Waals surface area contributed by atoms with Gasteiger partial charge < -0.3 is 31.1 Å². The number of aromatic nitrogens is 1. The number of Topliss-reactive ketones (excluding diaryl/α,β-unsaturated/α-hetero) is 1. The molecule has 0 bridgehead atoms. The van der Waals surface area contributed by atoms with E-state index in [-0.39, 0.29) is 37.6 Å². The lowest BCUT2D eigenvalue weighted by molar-refractivity contribution is -0.148. The number of fused-ring (bicyclic) bond motifs is 1. The van der Waals surface area contributed by atoms with E-state index < -0.39 is 41.8 Å². The number of anilines is 1. The minimum absolute atomic E-state index is 0.0863. The van der Waals surface area contributed by atoms with Crippen LogP contribution in [0.3, 0.4) is 0 Å². The molecule has 59 heavy (non-hydrogen) atoms. The molecule has 0 radical (unpaired) electrons. The van der Waals surface area contributed by atoms with E-state index in [2.05, 4.69) is 25.5 Å². The number of amides is 2. The Bertz CT molecular complexity index is 2060. The number of thiazole rings is 1. The first-order valence-corrected chi connectivity index (χ1v) is 21.9. The van der Waals surface area contributed by atoms with Crippen molar-refractivity contribution >= 4 is 73.6 Å². The van der Waals surface area contributed by atoms with Gasteiger partial charge in [-0.2, -0.15) is 0 Å². The predicted molar refractivity (Wildman–Crippen MR) is 234 cm³/mol. The average Bonchev–Trinajstić information content (AvgIpc) is 3.89. The highest BCUT2D eigenvalue weighted by Gasteiger charge is 2.31. The molecule has 1 aliphatic heterocycles. The van der Waals surface area contributed by atoms with Gasteiger partial charge in [-0.15, -0.1) is 23.1 Å². The van der Waals surface area contributed by atoms with Gasteiger partial charge in [-0.1, -0.05) is 67.1 Å². The van der Waals surface area contributed by atoms with Crippen molar-refractivity contribution in [2.24, 2.45) is 22.6 Å². The summed E-state index contributed by atoms with van der Waals surface area (Å²) in [6.45, 7) is 1.35. The van der Waals surface area contributed by atoms with Gasteiger partial charge in [0, 0.05) is 23.8 Å². The summed E-state index contributed by atoms with van der Waals surface area (Å²) in [5.74, 6) is -3.60. The summed E-state index contributed by atoms with van der Waals surface area (Å²) in [7, 11) is 3.96. The second-order valence-corrected chi connectivity index (χ2v) is 17.1. The van der Waals surface area contributed by atoms with Crippen LogP contribution in [0.5, 0.6) is 0 Å². The van der Waals surface area contributed by atoms with Gasteiger partial charge >= 0.3 is 11.9 Å². The number of nitrogens with one attached hydrogen (secondary N) is 2. The molecule has 5 N–H and O–H groups in total. The van der Waals surface area contributed by atoms with E-state index >= 15 is 0 Å². The third kappa shape index (κ3) is 14.4. The van der Waals surface area contributed by atoms with Crippen molar-refractivity contribution in [2.45, 2.75) is 76.5 Å². The maximum Gasteiger partial charge on any atom is 0.329 e. The highest BCUT2D eigenvalue weighted by atomic mass is 32.2. The van der Waals surface area contributed by atoms with E-state index in [9.17, 15) is 29.1 Å². The van der Waals surface area contributed by atoms with Crippen molar-refractivity contribution in [1.29, 1.82) is 0 Å². The molecule has 0 unspecified atom stereocenters. The van der Waals surface area contributed by atoms with Crippen LogP contribution in [-0.4, -0.2) is 94.6 Å². The summed E-state index contributed by atoms with van der Waals surface area (Å²) < 4.78 is 6.36. The predicted octanol–water partition coefficient (Wildman–Crippen LogP) is 6.09. The second-order valence-electron chi connectivity index (χ2n) is 15.0. The summed E-state index contributed by atoms with van der Waals surface area (Å²) in [5, 5.41) is 16.6. The number of ether oxygens (including phenoxy) is 1. The number of carbonyl (C=O) groups is 5. The molecule has 0 spiro atoms. The first-order chi connectivity index (χ1) is 28.5. The summed E-state index contributed by atoms with van der Waals surface area (Å²) in [6.07, 6.45) is 3.63. The lowest BCUT2D eigenvalue weighted by Gasteiger charge is -2.24. The Morgan fingerprint density at radius 2 is 1.59 bits per heavy atom. The fraction of sp³-hybridized carbons (Fsp3) is 0.432. The maximum absolute atomic E-state index is 14.3. The number of carbonyl (C=O) groups excluding carboxylic acids is 4. The van der Waals surface area contributed by atoms with Gasteiger partial charge in [0.15, 0.2) is 11.8 Å². The summed E-state index contributed by atoms with van der Waals surface area (Å²) in [5.41, 5.74) is 8.75. The number of benzene rings is 3. The minimum Gasteiger partial charge on any atom is -0.480 e. The fourth-order valence-electron chi connectivity index (χ4n) is 6.74. The molecule has 2 heterocycles. The number of unbranched alkanes of at least 4 members (excludes halogenated alkanes) is 2.